The summed E-state index contributed by atoms with van der Waals surface area (Å²) < 4.78 is 24.4. The molecule has 0 aliphatic heterocycles. The van der Waals surface area contributed by atoms with E-state index in [4.69, 9.17) is 15.2 Å². The highest BCUT2D eigenvalue weighted by Crippen LogP contribution is 2.34. The normalized spacial score (nSPS) is 10.3. The maximum absolute atomic E-state index is 13.2. The number of hydrogen-bond acceptors (Lipinski definition) is 5. The van der Waals surface area contributed by atoms with Gasteiger partial charge in [-0.2, -0.15) is 9.97 Å². The van der Waals surface area contributed by atoms with Crippen LogP contribution in [0.25, 0.3) is 0 Å². The second-order valence-electron chi connectivity index (χ2n) is 3.51. The zero-order valence-electron chi connectivity index (χ0n) is 10.1. The van der Waals surface area contributed by atoms with Crippen molar-refractivity contribution in [2.45, 2.75) is 6.92 Å². The molecule has 1 aromatic heterocycles. The Balaban J connectivity index is 2.33. The first-order valence-electron chi connectivity index (χ1n) is 5.48. The van der Waals surface area contributed by atoms with E-state index in [1.165, 1.54) is 24.5 Å². The Morgan fingerprint density at radius 3 is 2.79 bits per heavy atom. The Labute approximate surface area is 117 Å². The number of nitrogens with two attached hydrogens (primary N) is 1. The Bertz CT molecular complexity index is 595. The number of nitrogens with zero attached hydrogens (tertiary/aromatic N) is 2. The lowest BCUT2D eigenvalue weighted by Crippen LogP contribution is -2.03. The van der Waals surface area contributed by atoms with E-state index in [1.54, 1.807) is 0 Å². The van der Waals surface area contributed by atoms with Crippen LogP contribution in [0, 0.1) is 5.82 Å². The van der Waals surface area contributed by atoms with Gasteiger partial charge in [-0.05, 0) is 35.0 Å². The van der Waals surface area contributed by atoms with Crippen LogP contribution in [-0.4, -0.2) is 16.6 Å². The average molecular weight is 328 g/mol. The minimum atomic E-state index is -0.421. The van der Waals surface area contributed by atoms with Crippen LogP contribution < -0.4 is 15.2 Å². The maximum Gasteiger partial charge on any atom is 0.249 e. The molecule has 0 saturated heterocycles. The quantitative estimate of drug-likeness (QED) is 0.934. The summed E-state index contributed by atoms with van der Waals surface area (Å²) >= 11 is 3.25. The van der Waals surface area contributed by atoms with Crippen molar-refractivity contribution in [3.05, 3.63) is 34.8 Å². The van der Waals surface area contributed by atoms with Gasteiger partial charge in [0.15, 0.2) is 5.69 Å². The largest absolute Gasteiger partial charge is 0.476 e. The third-order valence-corrected chi connectivity index (χ3v) is 2.85. The predicted octanol–water partition coefficient (Wildman–Crippen LogP) is 3.15. The molecule has 0 saturated carbocycles. The molecular formula is C12H11BrFN3O2. The van der Waals surface area contributed by atoms with E-state index in [1.807, 2.05) is 6.92 Å². The lowest BCUT2D eigenvalue weighted by Gasteiger charge is -2.11. The van der Waals surface area contributed by atoms with E-state index in [-0.39, 0.29) is 23.2 Å². The van der Waals surface area contributed by atoms with E-state index in [0.29, 0.717) is 11.1 Å². The van der Waals surface area contributed by atoms with Crippen molar-refractivity contribution in [1.29, 1.82) is 0 Å². The lowest BCUT2D eigenvalue weighted by atomic mass is 10.3. The molecular weight excluding hydrogens is 317 g/mol. The van der Waals surface area contributed by atoms with Crippen LogP contribution in [0.5, 0.6) is 17.5 Å². The minimum absolute atomic E-state index is 0.116. The fourth-order valence-electron chi connectivity index (χ4n) is 1.36. The highest BCUT2D eigenvalue weighted by atomic mass is 79.9. The van der Waals surface area contributed by atoms with Gasteiger partial charge in [0.25, 0.3) is 0 Å². The molecule has 5 nitrogen and oxygen atoms in total. The standard InChI is InChI=1S/C12H11BrFN3O2/c1-2-18-11-10(15)12(17-6-16-11)19-9-5-7(14)3-4-8(9)13/h3-6H,2,15H2,1H3. The van der Waals surface area contributed by atoms with Crippen molar-refractivity contribution in [1.82, 2.24) is 9.97 Å². The van der Waals surface area contributed by atoms with E-state index < -0.39 is 5.82 Å². The second-order valence-corrected chi connectivity index (χ2v) is 4.36. The highest BCUT2D eigenvalue weighted by Gasteiger charge is 2.13. The third-order valence-electron chi connectivity index (χ3n) is 2.19. The molecule has 2 aromatic rings. The summed E-state index contributed by atoms with van der Waals surface area (Å²) in [5, 5.41) is 0. The second kappa shape index (κ2) is 5.83. The molecule has 1 aromatic carbocycles. The molecule has 7 heteroatoms. The van der Waals surface area contributed by atoms with Crippen molar-refractivity contribution < 1.29 is 13.9 Å². The highest BCUT2D eigenvalue weighted by molar-refractivity contribution is 9.10. The van der Waals surface area contributed by atoms with Gasteiger partial charge in [0.05, 0.1) is 11.1 Å². The molecule has 2 rings (SSSR count). The van der Waals surface area contributed by atoms with Crippen LogP contribution in [0.2, 0.25) is 0 Å². The fourth-order valence-corrected chi connectivity index (χ4v) is 1.68. The number of aromatic nitrogens is 2. The number of halogens is 2. The van der Waals surface area contributed by atoms with Crippen molar-refractivity contribution in [3.8, 4) is 17.5 Å². The number of nitrogen functional groups attached to an aromatic ring is 1. The topological polar surface area (TPSA) is 70.3 Å². The molecule has 0 fully saturated rings. The van der Waals surface area contributed by atoms with Gasteiger partial charge in [-0.25, -0.2) is 4.39 Å². The van der Waals surface area contributed by atoms with Gasteiger partial charge in [0.1, 0.15) is 17.9 Å². The van der Waals surface area contributed by atoms with Crippen LogP contribution in [0.15, 0.2) is 29.0 Å². The number of anilines is 1. The minimum Gasteiger partial charge on any atom is -0.476 e. The van der Waals surface area contributed by atoms with Crippen molar-refractivity contribution in [2.24, 2.45) is 0 Å². The van der Waals surface area contributed by atoms with Gasteiger partial charge < -0.3 is 15.2 Å². The smallest absolute Gasteiger partial charge is 0.249 e. The summed E-state index contributed by atoms with van der Waals surface area (Å²) in [6.07, 6.45) is 1.27. The Kier molecular flexibility index (Phi) is 4.16. The van der Waals surface area contributed by atoms with Crippen molar-refractivity contribution >= 4 is 21.6 Å². The van der Waals surface area contributed by atoms with Gasteiger partial charge in [0, 0.05) is 6.07 Å². The SMILES string of the molecule is CCOc1ncnc(Oc2cc(F)ccc2Br)c1N. The van der Waals surface area contributed by atoms with Crippen LogP contribution >= 0.6 is 15.9 Å². The summed E-state index contributed by atoms with van der Waals surface area (Å²) in [4.78, 5) is 7.79. The summed E-state index contributed by atoms with van der Waals surface area (Å²) in [6, 6.07) is 4.07. The van der Waals surface area contributed by atoms with Gasteiger partial charge in [0.2, 0.25) is 11.8 Å². The maximum atomic E-state index is 13.2. The van der Waals surface area contributed by atoms with E-state index in [0.717, 1.165) is 0 Å². The molecule has 0 aliphatic carbocycles. The first kappa shape index (κ1) is 13.5. The summed E-state index contributed by atoms with van der Waals surface area (Å²) in [7, 11) is 0. The summed E-state index contributed by atoms with van der Waals surface area (Å²) in [6.45, 7) is 2.23. The Morgan fingerprint density at radius 2 is 2.05 bits per heavy atom. The molecule has 1 heterocycles. The van der Waals surface area contributed by atoms with Gasteiger partial charge in [-0.3, -0.25) is 0 Å². The molecule has 0 bridgehead atoms. The van der Waals surface area contributed by atoms with Crippen molar-refractivity contribution in [3.63, 3.8) is 0 Å². The molecule has 100 valence electrons. The number of benzene rings is 1. The van der Waals surface area contributed by atoms with Gasteiger partial charge >= 0.3 is 0 Å². The molecule has 0 atom stereocenters. The van der Waals surface area contributed by atoms with Gasteiger partial charge in [-0.15, -0.1) is 0 Å². The zero-order chi connectivity index (χ0) is 13.8. The fraction of sp³-hybridized carbons (Fsp3) is 0.167. The zero-order valence-corrected chi connectivity index (χ0v) is 11.6. The van der Waals surface area contributed by atoms with Crippen LogP contribution in [0.3, 0.4) is 0 Å². The number of rotatable bonds is 4. The molecule has 0 amide bonds. The Hall–Kier alpha value is -1.89. The monoisotopic (exact) mass is 327 g/mol. The lowest BCUT2D eigenvalue weighted by molar-refractivity contribution is 0.325. The average Bonchev–Trinajstić information content (AvgIpc) is 2.39. The third kappa shape index (κ3) is 3.11. The number of ether oxygens (including phenoxy) is 2. The molecule has 0 radical (unpaired) electrons. The van der Waals surface area contributed by atoms with Crippen LogP contribution in [-0.2, 0) is 0 Å². The first-order valence-corrected chi connectivity index (χ1v) is 6.27. The molecule has 2 N–H and O–H groups in total. The number of hydrogen-bond donors (Lipinski definition) is 1. The molecule has 0 aliphatic rings. The van der Waals surface area contributed by atoms with Crippen molar-refractivity contribution in [2.75, 3.05) is 12.3 Å². The van der Waals surface area contributed by atoms with E-state index in [9.17, 15) is 4.39 Å². The predicted molar refractivity (Wildman–Crippen MR) is 71.8 cm³/mol. The van der Waals surface area contributed by atoms with Gasteiger partial charge in [-0.1, -0.05) is 0 Å². The molecule has 0 unspecified atom stereocenters. The summed E-state index contributed by atoms with van der Waals surface area (Å²) in [5.74, 6) is 0.202. The van der Waals surface area contributed by atoms with E-state index >= 15 is 0 Å². The molecule has 0 spiro atoms. The van der Waals surface area contributed by atoms with E-state index in [2.05, 4.69) is 25.9 Å². The molecule has 19 heavy (non-hydrogen) atoms. The Morgan fingerprint density at radius 1 is 1.32 bits per heavy atom. The van der Waals surface area contributed by atoms with Crippen LogP contribution in [0.1, 0.15) is 6.92 Å². The first-order chi connectivity index (χ1) is 9.11. The van der Waals surface area contributed by atoms with Crippen LogP contribution in [0.4, 0.5) is 10.1 Å². The summed E-state index contributed by atoms with van der Waals surface area (Å²) in [5.41, 5.74) is 5.99.